The van der Waals surface area contributed by atoms with Gasteiger partial charge in [0.15, 0.2) is 0 Å². The fourth-order valence-corrected chi connectivity index (χ4v) is 2.75. The van der Waals surface area contributed by atoms with Crippen molar-refractivity contribution in [1.29, 1.82) is 0 Å². The van der Waals surface area contributed by atoms with Crippen LogP contribution in [0.15, 0.2) is 54.7 Å². The van der Waals surface area contributed by atoms with Gasteiger partial charge in [-0.05, 0) is 41.8 Å². The minimum atomic E-state index is -0.0772. The van der Waals surface area contributed by atoms with Crippen molar-refractivity contribution in [3.8, 4) is 0 Å². The van der Waals surface area contributed by atoms with Crippen molar-refractivity contribution in [2.24, 2.45) is 7.05 Å². The van der Waals surface area contributed by atoms with Crippen molar-refractivity contribution >= 4 is 22.5 Å². The highest BCUT2D eigenvalue weighted by Crippen LogP contribution is 2.28. The molecule has 0 aliphatic rings. The molecule has 0 unspecified atom stereocenters. The van der Waals surface area contributed by atoms with Gasteiger partial charge in [-0.25, -0.2) is 0 Å². The Labute approximate surface area is 130 Å². The molecule has 0 aliphatic heterocycles. The molecule has 1 amide bonds. The number of hydrogen-bond donors (Lipinski definition) is 1. The highest BCUT2D eigenvalue weighted by molar-refractivity contribution is 6.06. The normalized spacial score (nSPS) is 11.1. The number of carbonyl (C=O) groups excluding carboxylic acids is 1. The third-order valence-electron chi connectivity index (χ3n) is 3.94. The first kappa shape index (κ1) is 14.4. The lowest BCUT2D eigenvalue weighted by Gasteiger charge is -2.07. The second-order valence-electron chi connectivity index (χ2n) is 5.90. The van der Waals surface area contributed by atoms with Crippen LogP contribution in [0.25, 0.3) is 10.9 Å². The number of para-hydroxylation sites is 1. The second kappa shape index (κ2) is 5.68. The van der Waals surface area contributed by atoms with Crippen LogP contribution in [-0.2, 0) is 7.05 Å². The molecule has 0 aliphatic carbocycles. The summed E-state index contributed by atoms with van der Waals surface area (Å²) in [5.41, 5.74) is 3.92. The van der Waals surface area contributed by atoms with Gasteiger partial charge in [-0.2, -0.15) is 0 Å². The van der Waals surface area contributed by atoms with Crippen LogP contribution in [0.3, 0.4) is 0 Å². The second-order valence-corrected chi connectivity index (χ2v) is 5.90. The average Bonchev–Trinajstić information content (AvgIpc) is 2.85. The van der Waals surface area contributed by atoms with Gasteiger partial charge in [0, 0.05) is 35.4 Å². The molecule has 1 aromatic heterocycles. The van der Waals surface area contributed by atoms with Crippen molar-refractivity contribution < 1.29 is 4.79 Å². The van der Waals surface area contributed by atoms with E-state index in [9.17, 15) is 4.79 Å². The van der Waals surface area contributed by atoms with Crippen LogP contribution in [0, 0.1) is 0 Å². The van der Waals surface area contributed by atoms with E-state index in [4.69, 9.17) is 0 Å². The molecule has 0 atom stereocenters. The SMILES string of the molecule is CC(C)c1cn(C)c2ccc(C(=O)Nc3ccccc3)cc12. The van der Waals surface area contributed by atoms with E-state index in [0.717, 1.165) is 16.6 Å². The third-order valence-corrected chi connectivity index (χ3v) is 3.94. The number of carbonyl (C=O) groups is 1. The van der Waals surface area contributed by atoms with E-state index in [1.54, 1.807) is 0 Å². The predicted molar refractivity (Wildman–Crippen MR) is 91.4 cm³/mol. The standard InChI is InChI=1S/C19H20N2O/c1-13(2)17-12-21(3)18-10-9-14(11-16(17)18)19(22)20-15-7-5-4-6-8-15/h4-13H,1-3H3,(H,20,22). The van der Waals surface area contributed by atoms with Crippen LogP contribution in [0.2, 0.25) is 0 Å². The number of nitrogens with one attached hydrogen (secondary N) is 1. The number of anilines is 1. The smallest absolute Gasteiger partial charge is 0.255 e. The van der Waals surface area contributed by atoms with Gasteiger partial charge in [0.25, 0.3) is 5.91 Å². The van der Waals surface area contributed by atoms with Crippen LogP contribution >= 0.6 is 0 Å². The summed E-state index contributed by atoms with van der Waals surface area (Å²) >= 11 is 0. The van der Waals surface area contributed by atoms with Crippen molar-refractivity contribution in [2.45, 2.75) is 19.8 Å². The summed E-state index contributed by atoms with van der Waals surface area (Å²) in [6, 6.07) is 15.4. The van der Waals surface area contributed by atoms with Crippen LogP contribution in [0.4, 0.5) is 5.69 Å². The van der Waals surface area contributed by atoms with E-state index in [-0.39, 0.29) is 5.91 Å². The van der Waals surface area contributed by atoms with Gasteiger partial charge in [0.05, 0.1) is 0 Å². The number of aryl methyl sites for hydroxylation is 1. The molecule has 3 aromatic rings. The zero-order chi connectivity index (χ0) is 15.7. The Morgan fingerprint density at radius 1 is 1.09 bits per heavy atom. The topological polar surface area (TPSA) is 34.0 Å². The van der Waals surface area contributed by atoms with E-state index >= 15 is 0 Å². The lowest BCUT2D eigenvalue weighted by molar-refractivity contribution is 0.102. The molecule has 0 spiro atoms. The first-order chi connectivity index (χ1) is 10.6. The molecule has 0 saturated heterocycles. The molecule has 1 N–H and O–H groups in total. The van der Waals surface area contributed by atoms with E-state index in [1.807, 2.05) is 55.6 Å². The quantitative estimate of drug-likeness (QED) is 0.754. The third kappa shape index (κ3) is 2.62. The molecular formula is C19H20N2O. The number of rotatable bonds is 3. The van der Waals surface area contributed by atoms with Crippen LogP contribution in [-0.4, -0.2) is 10.5 Å². The number of amides is 1. The average molecular weight is 292 g/mol. The fourth-order valence-electron chi connectivity index (χ4n) is 2.75. The Morgan fingerprint density at radius 3 is 2.50 bits per heavy atom. The summed E-state index contributed by atoms with van der Waals surface area (Å²) < 4.78 is 2.11. The Hall–Kier alpha value is -2.55. The van der Waals surface area contributed by atoms with E-state index in [1.165, 1.54) is 5.56 Å². The van der Waals surface area contributed by atoms with Crippen LogP contribution in [0.5, 0.6) is 0 Å². The minimum absolute atomic E-state index is 0.0772. The zero-order valence-corrected chi connectivity index (χ0v) is 13.1. The molecule has 3 nitrogen and oxygen atoms in total. The van der Waals surface area contributed by atoms with Gasteiger partial charge < -0.3 is 9.88 Å². The highest BCUT2D eigenvalue weighted by Gasteiger charge is 2.13. The minimum Gasteiger partial charge on any atom is -0.350 e. The van der Waals surface area contributed by atoms with Crippen molar-refractivity contribution in [3.05, 3.63) is 65.9 Å². The molecule has 1 heterocycles. The lowest BCUT2D eigenvalue weighted by atomic mass is 10.0. The summed E-state index contributed by atoms with van der Waals surface area (Å²) in [7, 11) is 2.04. The number of aromatic nitrogens is 1. The maximum atomic E-state index is 12.4. The number of fused-ring (bicyclic) bond motifs is 1. The van der Waals surface area contributed by atoms with E-state index in [2.05, 4.69) is 29.9 Å². The molecule has 0 radical (unpaired) electrons. The Balaban J connectivity index is 1.97. The summed E-state index contributed by atoms with van der Waals surface area (Å²) in [6.07, 6.45) is 2.15. The number of benzene rings is 2. The summed E-state index contributed by atoms with van der Waals surface area (Å²) in [6.45, 7) is 4.34. The van der Waals surface area contributed by atoms with Gasteiger partial charge in [0.2, 0.25) is 0 Å². The van der Waals surface area contributed by atoms with Gasteiger partial charge in [0.1, 0.15) is 0 Å². The maximum Gasteiger partial charge on any atom is 0.255 e. The maximum absolute atomic E-state index is 12.4. The summed E-state index contributed by atoms with van der Waals surface area (Å²) in [5.74, 6) is 0.350. The fraction of sp³-hybridized carbons (Fsp3) is 0.211. The molecule has 112 valence electrons. The molecule has 0 bridgehead atoms. The molecule has 3 rings (SSSR count). The Kier molecular flexibility index (Phi) is 3.72. The lowest BCUT2D eigenvalue weighted by Crippen LogP contribution is -2.11. The largest absolute Gasteiger partial charge is 0.350 e. The summed E-state index contributed by atoms with van der Waals surface area (Å²) in [5, 5.41) is 4.08. The van der Waals surface area contributed by atoms with E-state index < -0.39 is 0 Å². The Bertz CT molecular complexity index is 816. The molecule has 2 aromatic carbocycles. The molecule has 3 heteroatoms. The monoisotopic (exact) mass is 292 g/mol. The van der Waals surface area contributed by atoms with E-state index in [0.29, 0.717) is 11.5 Å². The van der Waals surface area contributed by atoms with Crippen molar-refractivity contribution in [3.63, 3.8) is 0 Å². The Morgan fingerprint density at radius 2 is 1.82 bits per heavy atom. The van der Waals surface area contributed by atoms with Gasteiger partial charge in [-0.15, -0.1) is 0 Å². The molecule has 22 heavy (non-hydrogen) atoms. The first-order valence-electron chi connectivity index (χ1n) is 7.51. The number of nitrogens with zero attached hydrogens (tertiary/aromatic N) is 1. The van der Waals surface area contributed by atoms with Crippen molar-refractivity contribution in [2.75, 3.05) is 5.32 Å². The van der Waals surface area contributed by atoms with Gasteiger partial charge in [-0.3, -0.25) is 4.79 Å². The van der Waals surface area contributed by atoms with Crippen molar-refractivity contribution in [1.82, 2.24) is 4.57 Å². The van der Waals surface area contributed by atoms with Crippen LogP contribution in [0.1, 0.15) is 35.7 Å². The molecular weight excluding hydrogens is 272 g/mol. The first-order valence-corrected chi connectivity index (χ1v) is 7.51. The van der Waals surface area contributed by atoms with Gasteiger partial charge in [-0.1, -0.05) is 32.0 Å². The predicted octanol–water partition coefficient (Wildman–Crippen LogP) is 4.55. The molecule has 0 fully saturated rings. The number of hydrogen-bond acceptors (Lipinski definition) is 1. The summed E-state index contributed by atoms with van der Waals surface area (Å²) in [4.78, 5) is 12.4. The highest BCUT2D eigenvalue weighted by atomic mass is 16.1. The van der Waals surface area contributed by atoms with Gasteiger partial charge >= 0.3 is 0 Å². The van der Waals surface area contributed by atoms with Crippen LogP contribution < -0.4 is 5.32 Å². The molecule has 0 saturated carbocycles. The zero-order valence-electron chi connectivity index (χ0n) is 13.1.